The molecule has 5 nitrogen and oxygen atoms in total. The number of aromatic nitrogens is 3. The lowest BCUT2D eigenvalue weighted by atomic mass is 9.87. The van der Waals surface area contributed by atoms with Gasteiger partial charge in [-0.15, -0.1) is 0 Å². The van der Waals surface area contributed by atoms with Crippen molar-refractivity contribution < 1.29 is 4.79 Å². The molecule has 0 radical (unpaired) electrons. The number of nitrogens with one attached hydrogen (secondary N) is 1. The Bertz CT molecular complexity index is 1200. The Hall–Kier alpha value is -2.70. The maximum atomic E-state index is 12.8. The molecule has 0 saturated carbocycles. The van der Waals surface area contributed by atoms with Gasteiger partial charge in [-0.05, 0) is 42.2 Å². The zero-order valence-electron chi connectivity index (χ0n) is 16.7. The van der Waals surface area contributed by atoms with E-state index in [2.05, 4.69) is 36.2 Å². The first-order valence-electron chi connectivity index (χ1n) is 9.26. The van der Waals surface area contributed by atoms with Crippen molar-refractivity contribution in [3.8, 4) is 5.13 Å². The molecule has 2 aromatic carbocycles. The number of fused-ring (bicyclic) bond motifs is 1. The Labute approximate surface area is 178 Å². The van der Waals surface area contributed by atoms with E-state index >= 15 is 0 Å². The van der Waals surface area contributed by atoms with Gasteiger partial charge >= 0.3 is 0 Å². The van der Waals surface area contributed by atoms with Gasteiger partial charge in [0.2, 0.25) is 5.13 Å². The van der Waals surface area contributed by atoms with Crippen molar-refractivity contribution in [3.63, 3.8) is 0 Å². The Kier molecular flexibility index (Phi) is 4.92. The van der Waals surface area contributed by atoms with Gasteiger partial charge in [-0.25, -0.2) is 4.98 Å². The lowest BCUT2D eigenvalue weighted by Crippen LogP contribution is -2.16. The number of nitrogens with zero attached hydrogens (tertiary/aromatic N) is 3. The normalized spacial score (nSPS) is 11.8. The highest BCUT2D eigenvalue weighted by molar-refractivity contribution is 7.20. The summed E-state index contributed by atoms with van der Waals surface area (Å²) in [6, 6.07) is 15.2. The first kappa shape index (κ1) is 19.6. The molecular weight excluding hydrogens is 404 g/mol. The Morgan fingerprint density at radius 3 is 2.52 bits per heavy atom. The minimum atomic E-state index is -0.189. The van der Waals surface area contributed by atoms with Crippen LogP contribution in [0, 0.1) is 6.92 Å². The van der Waals surface area contributed by atoms with Crippen LogP contribution < -0.4 is 5.32 Å². The average Bonchev–Trinajstić information content (AvgIpc) is 3.25. The second-order valence-corrected chi connectivity index (χ2v) is 9.36. The number of halogens is 1. The fourth-order valence-corrected chi connectivity index (χ4v) is 4.27. The molecule has 4 aromatic rings. The summed E-state index contributed by atoms with van der Waals surface area (Å²) in [6.07, 6.45) is 0. The smallest absolute Gasteiger partial charge is 0.256 e. The minimum absolute atomic E-state index is 0.0405. The van der Waals surface area contributed by atoms with Crippen molar-refractivity contribution in [2.75, 3.05) is 5.32 Å². The minimum Gasteiger partial charge on any atom is -0.306 e. The number of anilines is 1. The van der Waals surface area contributed by atoms with Gasteiger partial charge in [0, 0.05) is 11.6 Å². The van der Waals surface area contributed by atoms with E-state index < -0.39 is 0 Å². The van der Waals surface area contributed by atoms with Crippen molar-refractivity contribution in [1.29, 1.82) is 0 Å². The predicted octanol–water partition coefficient (Wildman–Crippen LogP) is 5.99. The summed E-state index contributed by atoms with van der Waals surface area (Å²) >= 11 is 7.73. The second kappa shape index (κ2) is 7.28. The van der Waals surface area contributed by atoms with E-state index in [9.17, 15) is 4.79 Å². The molecule has 2 heterocycles. The molecule has 0 aliphatic heterocycles. The largest absolute Gasteiger partial charge is 0.306 e. The van der Waals surface area contributed by atoms with Gasteiger partial charge in [-0.3, -0.25) is 4.79 Å². The topological polar surface area (TPSA) is 59.8 Å². The molecule has 29 heavy (non-hydrogen) atoms. The highest BCUT2D eigenvalue weighted by atomic mass is 35.5. The third-order valence-electron chi connectivity index (χ3n) is 4.63. The second-order valence-electron chi connectivity index (χ2n) is 7.95. The van der Waals surface area contributed by atoms with E-state index in [4.69, 9.17) is 11.6 Å². The number of hydrogen-bond acceptors (Lipinski definition) is 4. The summed E-state index contributed by atoms with van der Waals surface area (Å²) in [4.78, 5) is 17.4. The van der Waals surface area contributed by atoms with Crippen LogP contribution >= 0.6 is 22.9 Å². The molecule has 1 N–H and O–H groups in total. The highest BCUT2D eigenvalue weighted by Gasteiger charge is 2.18. The van der Waals surface area contributed by atoms with Crippen LogP contribution in [-0.2, 0) is 5.41 Å². The number of carbonyl (C=O) groups excluding carboxylic acids is 1. The summed E-state index contributed by atoms with van der Waals surface area (Å²) in [5.41, 5.74) is 3.34. The summed E-state index contributed by atoms with van der Waals surface area (Å²) in [5.74, 6) is 0.383. The monoisotopic (exact) mass is 424 g/mol. The molecule has 0 aliphatic carbocycles. The van der Waals surface area contributed by atoms with Crippen LogP contribution in [0.3, 0.4) is 0 Å². The lowest BCUT2D eigenvalue weighted by molar-refractivity contribution is 0.102. The number of benzene rings is 2. The molecule has 148 valence electrons. The van der Waals surface area contributed by atoms with Crippen molar-refractivity contribution in [2.45, 2.75) is 33.1 Å². The van der Waals surface area contributed by atoms with E-state index in [0.717, 1.165) is 15.9 Å². The first-order valence-corrected chi connectivity index (χ1v) is 10.5. The fourth-order valence-electron chi connectivity index (χ4n) is 3.04. The summed E-state index contributed by atoms with van der Waals surface area (Å²) < 4.78 is 2.62. The summed E-state index contributed by atoms with van der Waals surface area (Å²) in [6.45, 7) is 8.32. The average molecular weight is 425 g/mol. The number of thiazole rings is 1. The van der Waals surface area contributed by atoms with E-state index in [0.29, 0.717) is 21.5 Å². The zero-order valence-corrected chi connectivity index (χ0v) is 18.2. The number of aryl methyl sites for hydroxylation is 1. The molecule has 0 unspecified atom stereocenters. The van der Waals surface area contributed by atoms with Gasteiger partial charge in [0.25, 0.3) is 5.91 Å². The molecule has 1 amide bonds. The molecule has 0 saturated heterocycles. The van der Waals surface area contributed by atoms with Gasteiger partial charge in [-0.2, -0.15) is 9.78 Å². The van der Waals surface area contributed by atoms with Crippen LogP contribution in [-0.4, -0.2) is 20.7 Å². The fraction of sp³-hybridized carbons (Fsp3) is 0.227. The van der Waals surface area contributed by atoms with E-state index in [1.54, 1.807) is 4.68 Å². The van der Waals surface area contributed by atoms with Crippen LogP contribution in [0.5, 0.6) is 0 Å². The Morgan fingerprint density at radius 2 is 1.86 bits per heavy atom. The van der Waals surface area contributed by atoms with E-state index in [1.807, 2.05) is 55.5 Å². The van der Waals surface area contributed by atoms with Crippen molar-refractivity contribution in [1.82, 2.24) is 14.8 Å². The maximum absolute atomic E-state index is 12.8. The first-order chi connectivity index (χ1) is 13.7. The van der Waals surface area contributed by atoms with Crippen LogP contribution in [0.25, 0.3) is 15.3 Å². The van der Waals surface area contributed by atoms with Gasteiger partial charge in [0.1, 0.15) is 11.3 Å². The van der Waals surface area contributed by atoms with Gasteiger partial charge < -0.3 is 5.32 Å². The van der Waals surface area contributed by atoms with Crippen molar-refractivity contribution in [3.05, 3.63) is 70.4 Å². The van der Waals surface area contributed by atoms with Crippen LogP contribution in [0.4, 0.5) is 5.82 Å². The van der Waals surface area contributed by atoms with Crippen LogP contribution in [0.2, 0.25) is 5.02 Å². The van der Waals surface area contributed by atoms with Crippen LogP contribution in [0.15, 0.2) is 48.5 Å². The molecule has 0 spiro atoms. The Morgan fingerprint density at radius 1 is 1.14 bits per heavy atom. The molecule has 0 aliphatic rings. The molecule has 0 fully saturated rings. The number of para-hydroxylation sites is 1. The zero-order chi connectivity index (χ0) is 20.8. The number of carbonyl (C=O) groups is 1. The maximum Gasteiger partial charge on any atom is 0.256 e. The quantitative estimate of drug-likeness (QED) is 0.439. The lowest BCUT2D eigenvalue weighted by Gasteiger charge is -2.19. The summed E-state index contributed by atoms with van der Waals surface area (Å²) in [7, 11) is 0. The third-order valence-corrected chi connectivity index (χ3v) is 5.93. The molecule has 0 bridgehead atoms. The standard InChI is InChI=1S/C22H21ClN4OS/c1-13-12-18(24-20(28)14-8-10-15(11-9-14)22(2,3)4)27(26-13)21-25-19-16(23)6-5-7-17(19)29-21/h5-12H,1-4H3,(H,24,28). The summed E-state index contributed by atoms with van der Waals surface area (Å²) in [5, 5.41) is 8.71. The molecule has 0 atom stereocenters. The van der Waals surface area contributed by atoms with Crippen LogP contribution in [0.1, 0.15) is 42.4 Å². The van der Waals surface area contributed by atoms with E-state index in [1.165, 1.54) is 16.9 Å². The number of amides is 1. The van der Waals surface area contributed by atoms with E-state index in [-0.39, 0.29) is 11.3 Å². The van der Waals surface area contributed by atoms with Gasteiger partial charge in [0.15, 0.2) is 0 Å². The highest BCUT2D eigenvalue weighted by Crippen LogP contribution is 2.31. The van der Waals surface area contributed by atoms with Gasteiger partial charge in [-0.1, -0.05) is 61.9 Å². The number of hydrogen-bond donors (Lipinski definition) is 1. The van der Waals surface area contributed by atoms with Crippen molar-refractivity contribution >= 4 is 44.9 Å². The third kappa shape index (κ3) is 3.91. The predicted molar refractivity (Wildman–Crippen MR) is 120 cm³/mol. The molecular formula is C22H21ClN4OS. The molecule has 7 heteroatoms. The number of rotatable bonds is 3. The molecule has 4 rings (SSSR count). The van der Waals surface area contributed by atoms with Gasteiger partial charge in [0.05, 0.1) is 15.4 Å². The van der Waals surface area contributed by atoms with Crippen molar-refractivity contribution in [2.24, 2.45) is 0 Å². The Balaban J connectivity index is 1.64. The SMILES string of the molecule is Cc1cc(NC(=O)c2ccc(C(C)(C)C)cc2)n(-c2nc3c(Cl)cccc3s2)n1. The molecule has 2 aromatic heterocycles.